The molecule has 0 rings (SSSR count). The standard InChI is InChI=1S/C15H28FNO3/c1-10(12(9-18)20-15(5,6)7)8-11(13(16)17)19-14(2,3)4/h9,11-13H,1,8,17H2,2-7H3. The zero-order chi connectivity index (χ0) is 16.1. The molecular weight excluding hydrogens is 261 g/mol. The van der Waals surface area contributed by atoms with Gasteiger partial charge in [0.2, 0.25) is 0 Å². The van der Waals surface area contributed by atoms with Crippen molar-refractivity contribution < 1.29 is 18.7 Å². The first-order valence-electron chi connectivity index (χ1n) is 6.74. The third kappa shape index (κ3) is 8.40. The Morgan fingerprint density at radius 2 is 1.65 bits per heavy atom. The molecule has 0 saturated heterocycles. The summed E-state index contributed by atoms with van der Waals surface area (Å²) in [6.45, 7) is 14.7. The summed E-state index contributed by atoms with van der Waals surface area (Å²) >= 11 is 0. The van der Waals surface area contributed by atoms with Crippen molar-refractivity contribution in [1.29, 1.82) is 0 Å². The molecule has 2 N–H and O–H groups in total. The fourth-order valence-corrected chi connectivity index (χ4v) is 1.64. The topological polar surface area (TPSA) is 61.5 Å². The molecule has 0 aliphatic heterocycles. The van der Waals surface area contributed by atoms with Crippen molar-refractivity contribution in [2.45, 2.75) is 77.7 Å². The van der Waals surface area contributed by atoms with Gasteiger partial charge in [0.15, 0.2) is 12.6 Å². The van der Waals surface area contributed by atoms with Crippen LogP contribution in [0.25, 0.3) is 0 Å². The van der Waals surface area contributed by atoms with Gasteiger partial charge >= 0.3 is 0 Å². The molecule has 3 atom stereocenters. The molecule has 3 unspecified atom stereocenters. The molecule has 0 aromatic heterocycles. The second-order valence-corrected chi connectivity index (χ2v) is 6.86. The number of hydrogen-bond donors (Lipinski definition) is 1. The van der Waals surface area contributed by atoms with E-state index in [9.17, 15) is 9.18 Å². The summed E-state index contributed by atoms with van der Waals surface area (Å²) in [5.74, 6) is 0. The summed E-state index contributed by atoms with van der Waals surface area (Å²) in [7, 11) is 0. The number of hydrogen-bond acceptors (Lipinski definition) is 4. The second-order valence-electron chi connectivity index (χ2n) is 6.86. The van der Waals surface area contributed by atoms with Crippen LogP contribution in [0.3, 0.4) is 0 Å². The zero-order valence-corrected chi connectivity index (χ0v) is 13.4. The van der Waals surface area contributed by atoms with Crippen LogP contribution in [0.1, 0.15) is 48.0 Å². The van der Waals surface area contributed by atoms with Crippen molar-refractivity contribution in [3.05, 3.63) is 12.2 Å². The van der Waals surface area contributed by atoms with E-state index in [4.69, 9.17) is 15.2 Å². The summed E-state index contributed by atoms with van der Waals surface area (Å²) < 4.78 is 24.6. The lowest BCUT2D eigenvalue weighted by Crippen LogP contribution is -2.40. The number of rotatable bonds is 7. The van der Waals surface area contributed by atoms with E-state index in [1.165, 1.54) is 0 Å². The zero-order valence-electron chi connectivity index (χ0n) is 13.4. The molecule has 4 nitrogen and oxygen atoms in total. The molecule has 0 heterocycles. The third-order valence-corrected chi connectivity index (χ3v) is 2.33. The van der Waals surface area contributed by atoms with Gasteiger partial charge in [-0.15, -0.1) is 0 Å². The van der Waals surface area contributed by atoms with E-state index in [-0.39, 0.29) is 6.42 Å². The molecular formula is C15H28FNO3. The van der Waals surface area contributed by atoms with E-state index in [2.05, 4.69) is 6.58 Å². The lowest BCUT2D eigenvalue weighted by atomic mass is 10.0. The minimum absolute atomic E-state index is 0.133. The van der Waals surface area contributed by atoms with Gasteiger partial charge in [-0.05, 0) is 47.1 Å². The summed E-state index contributed by atoms with van der Waals surface area (Å²) in [6.07, 6.45) is -2.50. The maximum atomic E-state index is 13.4. The third-order valence-electron chi connectivity index (χ3n) is 2.33. The average molecular weight is 289 g/mol. The Kier molecular flexibility index (Phi) is 7.01. The van der Waals surface area contributed by atoms with E-state index in [0.29, 0.717) is 11.9 Å². The summed E-state index contributed by atoms with van der Waals surface area (Å²) in [5.41, 5.74) is 4.73. The first-order chi connectivity index (χ1) is 8.85. The molecule has 0 aromatic rings. The Morgan fingerprint density at radius 1 is 1.20 bits per heavy atom. The van der Waals surface area contributed by atoms with Crippen molar-refractivity contribution in [3.63, 3.8) is 0 Å². The molecule has 0 radical (unpaired) electrons. The fourth-order valence-electron chi connectivity index (χ4n) is 1.64. The predicted molar refractivity (Wildman–Crippen MR) is 78.2 cm³/mol. The molecule has 0 spiro atoms. The van der Waals surface area contributed by atoms with Crippen LogP contribution in [-0.2, 0) is 14.3 Å². The van der Waals surface area contributed by atoms with Gasteiger partial charge in [-0.2, -0.15) is 0 Å². The maximum absolute atomic E-state index is 13.4. The first kappa shape index (κ1) is 19.2. The smallest absolute Gasteiger partial charge is 0.175 e. The monoisotopic (exact) mass is 289 g/mol. The van der Waals surface area contributed by atoms with Gasteiger partial charge in [-0.3, -0.25) is 5.73 Å². The minimum Gasteiger partial charge on any atom is -0.368 e. The largest absolute Gasteiger partial charge is 0.368 e. The van der Waals surface area contributed by atoms with Crippen LogP contribution in [0.4, 0.5) is 4.39 Å². The number of carbonyl (C=O) groups is 1. The predicted octanol–water partition coefficient (Wildman–Crippen LogP) is 2.75. The van der Waals surface area contributed by atoms with Crippen molar-refractivity contribution in [2.75, 3.05) is 0 Å². The highest BCUT2D eigenvalue weighted by Crippen LogP contribution is 2.23. The number of carbonyl (C=O) groups excluding carboxylic acids is 1. The highest BCUT2D eigenvalue weighted by molar-refractivity contribution is 5.61. The lowest BCUT2D eigenvalue weighted by Gasteiger charge is -2.31. The Bertz CT molecular complexity index is 329. The molecule has 0 fully saturated rings. The second kappa shape index (κ2) is 7.29. The van der Waals surface area contributed by atoms with Crippen LogP contribution >= 0.6 is 0 Å². The molecule has 118 valence electrons. The van der Waals surface area contributed by atoms with Gasteiger partial charge < -0.3 is 14.3 Å². The number of halogens is 1. The molecule has 0 saturated carbocycles. The van der Waals surface area contributed by atoms with Crippen LogP contribution in [0.15, 0.2) is 12.2 Å². The number of ether oxygens (including phenoxy) is 2. The number of nitrogens with two attached hydrogens (primary N) is 1. The molecule has 0 amide bonds. The average Bonchev–Trinajstić information content (AvgIpc) is 2.21. The lowest BCUT2D eigenvalue weighted by molar-refractivity contribution is -0.125. The van der Waals surface area contributed by atoms with Crippen LogP contribution < -0.4 is 5.73 Å². The van der Waals surface area contributed by atoms with E-state index < -0.39 is 29.7 Å². The Balaban J connectivity index is 4.77. The van der Waals surface area contributed by atoms with Gasteiger partial charge in [0.05, 0.1) is 11.2 Å². The number of aldehydes is 1. The Morgan fingerprint density at radius 3 is 1.95 bits per heavy atom. The van der Waals surface area contributed by atoms with Crippen LogP contribution in [0, 0.1) is 0 Å². The quantitative estimate of drug-likeness (QED) is 0.445. The van der Waals surface area contributed by atoms with E-state index in [1.54, 1.807) is 0 Å². The SMILES string of the molecule is C=C(CC(OC(C)(C)C)C(N)F)C(C=O)OC(C)(C)C. The molecule has 20 heavy (non-hydrogen) atoms. The van der Waals surface area contributed by atoms with Gasteiger partial charge in [-0.1, -0.05) is 6.58 Å². The Hall–Kier alpha value is -0.780. The Labute approximate surface area is 121 Å². The van der Waals surface area contributed by atoms with Gasteiger partial charge in [-0.25, -0.2) is 4.39 Å². The normalized spacial score (nSPS) is 17.4. The van der Waals surface area contributed by atoms with Crippen molar-refractivity contribution in [3.8, 4) is 0 Å². The van der Waals surface area contributed by atoms with E-state index in [0.717, 1.165) is 0 Å². The summed E-state index contributed by atoms with van der Waals surface area (Å²) in [6, 6.07) is 0. The maximum Gasteiger partial charge on any atom is 0.175 e. The summed E-state index contributed by atoms with van der Waals surface area (Å²) in [4.78, 5) is 11.1. The minimum atomic E-state index is -1.65. The van der Waals surface area contributed by atoms with E-state index in [1.807, 2.05) is 41.5 Å². The molecule has 5 heteroatoms. The van der Waals surface area contributed by atoms with Crippen molar-refractivity contribution >= 4 is 6.29 Å². The first-order valence-corrected chi connectivity index (χ1v) is 6.74. The molecule has 0 aliphatic carbocycles. The van der Waals surface area contributed by atoms with Crippen LogP contribution in [-0.4, -0.2) is 36.0 Å². The molecule has 0 aromatic carbocycles. The van der Waals surface area contributed by atoms with Gasteiger partial charge in [0, 0.05) is 6.42 Å². The van der Waals surface area contributed by atoms with Gasteiger partial charge in [0.25, 0.3) is 0 Å². The highest BCUT2D eigenvalue weighted by atomic mass is 19.1. The van der Waals surface area contributed by atoms with E-state index >= 15 is 0 Å². The molecule has 0 aliphatic rings. The van der Waals surface area contributed by atoms with Gasteiger partial charge in [0.1, 0.15) is 12.2 Å². The van der Waals surface area contributed by atoms with Crippen molar-refractivity contribution in [1.82, 2.24) is 0 Å². The summed E-state index contributed by atoms with van der Waals surface area (Å²) in [5, 5.41) is 0. The van der Waals surface area contributed by atoms with Crippen LogP contribution in [0.5, 0.6) is 0 Å². The molecule has 0 bridgehead atoms. The highest BCUT2D eigenvalue weighted by Gasteiger charge is 2.28. The fraction of sp³-hybridized carbons (Fsp3) is 0.800. The van der Waals surface area contributed by atoms with Crippen molar-refractivity contribution in [2.24, 2.45) is 5.73 Å². The van der Waals surface area contributed by atoms with Crippen LogP contribution in [0.2, 0.25) is 0 Å². The number of alkyl halides is 1.